The molecule has 138 valence electrons. The van der Waals surface area contributed by atoms with Crippen LogP contribution in [-0.4, -0.2) is 8.42 Å². The molecule has 0 radical (unpaired) electrons. The summed E-state index contributed by atoms with van der Waals surface area (Å²) in [5.41, 5.74) is 5.89. The summed E-state index contributed by atoms with van der Waals surface area (Å²) in [6.07, 6.45) is 2.99. The number of aryl methyl sites for hydroxylation is 1. The number of hydrogen-bond donors (Lipinski definition) is 0. The van der Waals surface area contributed by atoms with Gasteiger partial charge in [0, 0.05) is 4.47 Å². The zero-order valence-electron chi connectivity index (χ0n) is 14.7. The highest BCUT2D eigenvalue weighted by Gasteiger charge is 2.19. The molecule has 3 nitrogen and oxygen atoms in total. The number of halogens is 1. The molecular weight excluding hydrogens is 424 g/mol. The van der Waals surface area contributed by atoms with Gasteiger partial charge in [-0.05, 0) is 71.3 Å². The molecule has 0 aromatic heterocycles. The first kappa shape index (κ1) is 18.4. The molecule has 4 rings (SSSR count). The van der Waals surface area contributed by atoms with E-state index >= 15 is 0 Å². The lowest BCUT2D eigenvalue weighted by Gasteiger charge is -2.14. The highest BCUT2D eigenvalue weighted by Crippen LogP contribution is 2.34. The molecule has 0 aliphatic heterocycles. The molecule has 0 heterocycles. The molecule has 0 spiro atoms. The summed E-state index contributed by atoms with van der Waals surface area (Å²) in [6.45, 7) is 0.0454. The normalized spacial score (nSPS) is 13.5. The average molecular weight is 443 g/mol. The molecule has 0 bridgehead atoms. The summed E-state index contributed by atoms with van der Waals surface area (Å²) < 4.78 is 31.2. The zero-order chi connectivity index (χ0) is 18.9. The van der Waals surface area contributed by atoms with Crippen molar-refractivity contribution in [1.29, 1.82) is 0 Å². The van der Waals surface area contributed by atoms with Gasteiger partial charge in [0.2, 0.25) is 0 Å². The predicted molar refractivity (Wildman–Crippen MR) is 110 cm³/mol. The summed E-state index contributed by atoms with van der Waals surface area (Å²) in [5.74, 6) is 0. The Labute approximate surface area is 168 Å². The predicted octanol–water partition coefficient (Wildman–Crippen LogP) is 5.51. The van der Waals surface area contributed by atoms with Crippen molar-refractivity contribution in [2.45, 2.75) is 30.8 Å². The van der Waals surface area contributed by atoms with E-state index in [1.807, 2.05) is 12.1 Å². The maximum atomic E-state index is 12.5. The van der Waals surface area contributed by atoms with Gasteiger partial charge in [-0.2, -0.15) is 8.42 Å². The molecule has 3 aromatic carbocycles. The van der Waals surface area contributed by atoms with Gasteiger partial charge in [0.1, 0.15) is 0 Å². The van der Waals surface area contributed by atoms with Crippen molar-refractivity contribution in [2.75, 3.05) is 0 Å². The smallest absolute Gasteiger partial charge is 0.262 e. The van der Waals surface area contributed by atoms with Gasteiger partial charge in [0.15, 0.2) is 0 Å². The number of rotatable bonds is 4. The van der Waals surface area contributed by atoms with Gasteiger partial charge in [0.05, 0.1) is 11.5 Å². The lowest BCUT2D eigenvalue weighted by atomic mass is 9.94. The van der Waals surface area contributed by atoms with Crippen molar-refractivity contribution in [3.8, 4) is 11.1 Å². The average Bonchev–Trinajstić information content (AvgIpc) is 2.86. The topological polar surface area (TPSA) is 43.4 Å². The Morgan fingerprint density at radius 2 is 1.59 bits per heavy atom. The third-order valence-corrected chi connectivity index (χ3v) is 6.73. The van der Waals surface area contributed by atoms with E-state index in [1.54, 1.807) is 24.3 Å². The standard InChI is InChI=1S/C22H19BrO3S/c23-18-11-13-19(14-12-18)27(24,25)26-15-17-7-4-10-22-20-8-2-1-5-16(20)6-3-9-21(17)22/h1-2,4-5,7-8,10-14H,3,6,9,15H2. The number of hydrogen-bond acceptors (Lipinski definition) is 3. The minimum atomic E-state index is -3.79. The zero-order valence-corrected chi connectivity index (χ0v) is 17.1. The summed E-state index contributed by atoms with van der Waals surface area (Å²) in [4.78, 5) is 0.165. The molecule has 0 N–H and O–H groups in total. The maximum absolute atomic E-state index is 12.5. The molecule has 5 heteroatoms. The van der Waals surface area contributed by atoms with E-state index in [4.69, 9.17) is 4.18 Å². The van der Waals surface area contributed by atoms with E-state index in [0.717, 1.165) is 29.3 Å². The third-order valence-electron chi connectivity index (χ3n) is 4.93. The Bertz CT molecular complexity index is 1070. The maximum Gasteiger partial charge on any atom is 0.297 e. The quantitative estimate of drug-likeness (QED) is 0.500. The first-order valence-corrected chi connectivity index (χ1v) is 11.1. The molecule has 1 aliphatic carbocycles. The van der Waals surface area contributed by atoms with Crippen molar-refractivity contribution in [1.82, 2.24) is 0 Å². The fourth-order valence-electron chi connectivity index (χ4n) is 3.58. The van der Waals surface area contributed by atoms with E-state index in [9.17, 15) is 8.42 Å². The molecule has 27 heavy (non-hydrogen) atoms. The second-order valence-electron chi connectivity index (χ2n) is 6.62. The van der Waals surface area contributed by atoms with Crippen molar-refractivity contribution in [3.05, 3.63) is 87.9 Å². The highest BCUT2D eigenvalue weighted by molar-refractivity contribution is 9.10. The molecule has 0 unspecified atom stereocenters. The minimum Gasteiger partial charge on any atom is -0.262 e. The van der Waals surface area contributed by atoms with Crippen LogP contribution in [0.4, 0.5) is 0 Å². The Morgan fingerprint density at radius 1 is 0.852 bits per heavy atom. The van der Waals surface area contributed by atoms with Crippen LogP contribution in [0.5, 0.6) is 0 Å². The molecule has 0 saturated heterocycles. The van der Waals surface area contributed by atoms with E-state index < -0.39 is 10.1 Å². The molecule has 0 atom stereocenters. The van der Waals surface area contributed by atoms with Crippen LogP contribution in [0.1, 0.15) is 23.1 Å². The van der Waals surface area contributed by atoms with E-state index in [1.165, 1.54) is 22.3 Å². The first-order chi connectivity index (χ1) is 13.0. The minimum absolute atomic E-state index is 0.0454. The lowest BCUT2D eigenvalue weighted by molar-refractivity contribution is 0.307. The van der Waals surface area contributed by atoms with Crippen molar-refractivity contribution in [3.63, 3.8) is 0 Å². The molecule has 0 amide bonds. The van der Waals surface area contributed by atoms with Crippen LogP contribution in [0.3, 0.4) is 0 Å². The molecule has 0 fully saturated rings. The van der Waals surface area contributed by atoms with Gasteiger partial charge < -0.3 is 0 Å². The summed E-state index contributed by atoms with van der Waals surface area (Å²) in [7, 11) is -3.79. The lowest BCUT2D eigenvalue weighted by Crippen LogP contribution is -2.08. The Balaban J connectivity index is 1.64. The Kier molecular flexibility index (Phi) is 5.17. The molecule has 0 saturated carbocycles. The van der Waals surface area contributed by atoms with Gasteiger partial charge in [-0.3, -0.25) is 4.18 Å². The Hall–Kier alpha value is -1.95. The monoisotopic (exact) mass is 442 g/mol. The van der Waals surface area contributed by atoms with Crippen LogP contribution in [0.15, 0.2) is 76.1 Å². The van der Waals surface area contributed by atoms with Gasteiger partial charge in [-0.15, -0.1) is 0 Å². The molecule has 3 aromatic rings. The van der Waals surface area contributed by atoms with Crippen LogP contribution in [-0.2, 0) is 33.7 Å². The van der Waals surface area contributed by atoms with Gasteiger partial charge in [0.25, 0.3) is 10.1 Å². The molecular formula is C22H19BrO3S. The van der Waals surface area contributed by atoms with Crippen molar-refractivity contribution < 1.29 is 12.6 Å². The largest absolute Gasteiger partial charge is 0.297 e. The van der Waals surface area contributed by atoms with Gasteiger partial charge in [-0.25, -0.2) is 0 Å². The summed E-state index contributed by atoms with van der Waals surface area (Å²) >= 11 is 3.31. The van der Waals surface area contributed by atoms with E-state index in [2.05, 4.69) is 46.3 Å². The number of benzene rings is 3. The number of fused-ring (bicyclic) bond motifs is 3. The SMILES string of the molecule is O=S(=O)(OCc1cccc2c1CCCc1ccccc1-2)c1ccc(Br)cc1. The summed E-state index contributed by atoms with van der Waals surface area (Å²) in [5, 5.41) is 0. The van der Waals surface area contributed by atoms with Crippen molar-refractivity contribution in [2.24, 2.45) is 0 Å². The van der Waals surface area contributed by atoms with E-state index in [-0.39, 0.29) is 11.5 Å². The van der Waals surface area contributed by atoms with Crippen LogP contribution in [0, 0.1) is 0 Å². The molecule has 1 aliphatic rings. The summed E-state index contributed by atoms with van der Waals surface area (Å²) in [6, 6.07) is 21.0. The fraction of sp³-hybridized carbons (Fsp3) is 0.182. The second kappa shape index (κ2) is 7.58. The van der Waals surface area contributed by atoms with Gasteiger partial charge >= 0.3 is 0 Å². The van der Waals surface area contributed by atoms with Crippen molar-refractivity contribution >= 4 is 26.0 Å². The fourth-order valence-corrected chi connectivity index (χ4v) is 4.74. The van der Waals surface area contributed by atoms with Crippen LogP contribution >= 0.6 is 15.9 Å². The second-order valence-corrected chi connectivity index (χ2v) is 9.16. The van der Waals surface area contributed by atoms with Crippen LogP contribution < -0.4 is 0 Å². The van der Waals surface area contributed by atoms with Crippen LogP contribution in [0.2, 0.25) is 0 Å². The van der Waals surface area contributed by atoms with E-state index in [0.29, 0.717) is 0 Å². The first-order valence-electron chi connectivity index (χ1n) is 8.89. The third kappa shape index (κ3) is 3.86. The van der Waals surface area contributed by atoms with Gasteiger partial charge in [-0.1, -0.05) is 58.4 Å². The van der Waals surface area contributed by atoms with Crippen LogP contribution in [0.25, 0.3) is 11.1 Å². The Morgan fingerprint density at radius 3 is 2.41 bits per heavy atom. The highest BCUT2D eigenvalue weighted by atomic mass is 79.9.